The van der Waals surface area contributed by atoms with Gasteiger partial charge >= 0.3 is 7.82 Å². The lowest BCUT2D eigenvalue weighted by Gasteiger charge is -2.07. The van der Waals surface area contributed by atoms with E-state index in [9.17, 15) is 13.0 Å². The zero-order valence-corrected chi connectivity index (χ0v) is 11.2. The number of hydrogen-bond donors (Lipinski definition) is 1. The number of phosphoric acid groups is 1. The Bertz CT molecular complexity index is 276. The van der Waals surface area contributed by atoms with Crippen LogP contribution in [0, 0.1) is 0 Å². The third-order valence-corrected chi connectivity index (χ3v) is 3.33. The molecule has 0 atom stereocenters. The van der Waals surface area contributed by atoms with Gasteiger partial charge in [0.15, 0.2) is 0 Å². The Labute approximate surface area is 91.1 Å². The van der Waals surface area contributed by atoms with Crippen molar-refractivity contribution in [3.05, 3.63) is 0 Å². The average molecular weight is 262 g/mol. The molecule has 94 valence electrons. The molecule has 0 aliphatic carbocycles. The minimum absolute atomic E-state index is 0.188. The van der Waals surface area contributed by atoms with Crippen LogP contribution < -0.4 is 0 Å². The third kappa shape index (κ3) is 16.7. The monoisotopic (exact) mass is 262 g/mol. The van der Waals surface area contributed by atoms with Crippen molar-refractivity contribution in [1.82, 2.24) is 0 Å². The van der Waals surface area contributed by atoms with Gasteiger partial charge in [-0.3, -0.25) is 9.05 Å². The van der Waals surface area contributed by atoms with Crippen LogP contribution in [-0.2, 0) is 23.4 Å². The van der Waals surface area contributed by atoms with E-state index in [2.05, 4.69) is 9.05 Å². The van der Waals surface area contributed by atoms with E-state index in [1.807, 2.05) is 0 Å². The van der Waals surface area contributed by atoms with Crippen molar-refractivity contribution in [2.75, 3.05) is 25.2 Å². The Hall–Kier alpha value is 0.0600. The minimum atomic E-state index is -3.69. The summed E-state index contributed by atoms with van der Waals surface area (Å²) in [6.45, 7) is 5.25. The molecule has 0 saturated heterocycles. The highest BCUT2D eigenvalue weighted by molar-refractivity contribution is 7.90. The van der Waals surface area contributed by atoms with E-state index in [0.29, 0.717) is 0 Å². The van der Waals surface area contributed by atoms with Crippen LogP contribution in [0.15, 0.2) is 0 Å². The highest BCUT2D eigenvalue weighted by atomic mass is 32.2. The molecule has 0 bridgehead atoms. The molecule has 0 aliphatic heterocycles. The topological polar surface area (TPSA) is 89.9 Å². The van der Waals surface area contributed by atoms with E-state index >= 15 is 0 Å². The van der Waals surface area contributed by atoms with Crippen LogP contribution in [-0.4, -0.2) is 38.5 Å². The molecule has 1 N–H and O–H groups in total. The summed E-state index contributed by atoms with van der Waals surface area (Å²) in [5.41, 5.74) is 0. The van der Waals surface area contributed by atoms with Gasteiger partial charge in [0, 0.05) is 12.0 Å². The molecule has 0 rings (SSSR count). The van der Waals surface area contributed by atoms with Crippen LogP contribution >= 0.6 is 7.82 Å². The quantitative estimate of drug-likeness (QED) is 0.749. The summed E-state index contributed by atoms with van der Waals surface area (Å²) in [7, 11) is -6.35. The van der Waals surface area contributed by atoms with Gasteiger partial charge in [-0.05, 0) is 13.8 Å². The van der Waals surface area contributed by atoms with Crippen molar-refractivity contribution in [3.63, 3.8) is 0 Å². The van der Waals surface area contributed by atoms with Gasteiger partial charge in [-0.25, -0.2) is 13.0 Å². The molecule has 0 heterocycles. The molecule has 0 aromatic heterocycles. The van der Waals surface area contributed by atoms with Gasteiger partial charge in [0.1, 0.15) is 9.84 Å². The summed E-state index contributed by atoms with van der Waals surface area (Å²) in [4.78, 5) is 8.63. The number of rotatable bonds is 5. The standard InChI is InChI=1S/C4H11O4P.C3H8O2S/c1-3-7-9(5,6)8-4-2;1-3-6(2,4)5/h3-4H2,1-2H3,(H,5,6);3H2,1-2H3. The fourth-order valence-corrected chi connectivity index (χ4v) is 1.09. The Morgan fingerprint density at radius 2 is 1.40 bits per heavy atom. The molecule has 0 aromatic carbocycles. The van der Waals surface area contributed by atoms with Crippen molar-refractivity contribution in [3.8, 4) is 0 Å². The van der Waals surface area contributed by atoms with Crippen LogP contribution in [0.3, 0.4) is 0 Å². The van der Waals surface area contributed by atoms with Crippen LogP contribution in [0.1, 0.15) is 20.8 Å². The van der Waals surface area contributed by atoms with Crippen molar-refractivity contribution >= 4 is 17.7 Å². The molecule has 6 nitrogen and oxygen atoms in total. The predicted molar refractivity (Wildman–Crippen MR) is 58.5 cm³/mol. The highest BCUT2D eigenvalue weighted by Crippen LogP contribution is 2.42. The number of hydrogen-bond acceptors (Lipinski definition) is 5. The Balaban J connectivity index is 0. The normalized spacial score (nSPS) is 11.8. The second kappa shape index (κ2) is 8.24. The average Bonchev–Trinajstić information content (AvgIpc) is 2.03. The van der Waals surface area contributed by atoms with Gasteiger partial charge in [0.25, 0.3) is 0 Å². The Kier molecular flexibility index (Phi) is 9.59. The van der Waals surface area contributed by atoms with Crippen molar-refractivity contribution in [2.24, 2.45) is 0 Å². The molecular weight excluding hydrogens is 243 g/mol. The first-order valence-corrected chi connectivity index (χ1v) is 8.03. The molecule has 15 heavy (non-hydrogen) atoms. The summed E-state index contributed by atoms with van der Waals surface area (Å²) in [5.74, 6) is 0.243. The Morgan fingerprint density at radius 1 is 1.13 bits per heavy atom. The molecule has 0 aromatic rings. The van der Waals surface area contributed by atoms with Crippen LogP contribution in [0.5, 0.6) is 0 Å². The molecule has 0 unspecified atom stereocenters. The van der Waals surface area contributed by atoms with Crippen molar-refractivity contribution in [2.45, 2.75) is 20.8 Å². The van der Waals surface area contributed by atoms with Gasteiger partial charge in [-0.1, -0.05) is 6.92 Å². The molecule has 0 saturated carbocycles. The summed E-state index contributed by atoms with van der Waals surface area (Å²) >= 11 is 0. The van der Waals surface area contributed by atoms with Gasteiger partial charge < -0.3 is 4.89 Å². The van der Waals surface area contributed by atoms with Crippen LogP contribution in [0.25, 0.3) is 0 Å². The van der Waals surface area contributed by atoms with E-state index in [1.165, 1.54) is 6.26 Å². The summed E-state index contributed by atoms with van der Waals surface area (Å²) in [6.07, 6.45) is 1.22. The fourth-order valence-electron chi connectivity index (χ4n) is 0.364. The first-order chi connectivity index (χ1) is 6.68. The van der Waals surface area contributed by atoms with E-state index < -0.39 is 17.7 Å². The minimum Gasteiger partial charge on any atom is -0.302 e. The van der Waals surface area contributed by atoms with Crippen LogP contribution in [0.4, 0.5) is 0 Å². The molecule has 0 fully saturated rings. The SMILES string of the molecule is CCOP(=O)(O)OCC.CCS(C)(=O)=O. The predicted octanol–water partition coefficient (Wildman–Crippen LogP) is 1.21. The lowest BCUT2D eigenvalue weighted by atomic mass is 10.9. The largest absolute Gasteiger partial charge is 0.472 e. The van der Waals surface area contributed by atoms with E-state index in [4.69, 9.17) is 4.89 Å². The van der Waals surface area contributed by atoms with E-state index in [0.717, 1.165) is 0 Å². The maximum Gasteiger partial charge on any atom is 0.472 e. The summed E-state index contributed by atoms with van der Waals surface area (Å²) in [6, 6.07) is 0. The first-order valence-electron chi connectivity index (χ1n) is 4.48. The summed E-state index contributed by atoms with van der Waals surface area (Å²) in [5, 5.41) is 0. The molecule has 0 aliphatic rings. The lowest BCUT2D eigenvalue weighted by molar-refractivity contribution is 0.161. The zero-order chi connectivity index (χ0) is 12.5. The lowest BCUT2D eigenvalue weighted by Crippen LogP contribution is -1.96. The maximum absolute atomic E-state index is 10.5. The highest BCUT2D eigenvalue weighted by Gasteiger charge is 2.17. The smallest absolute Gasteiger partial charge is 0.302 e. The third-order valence-electron chi connectivity index (χ3n) is 1.11. The molecule has 0 amide bonds. The molecule has 0 radical (unpaired) electrons. The fraction of sp³-hybridized carbons (Fsp3) is 1.00. The van der Waals surface area contributed by atoms with Gasteiger partial charge in [0.2, 0.25) is 0 Å². The van der Waals surface area contributed by atoms with Gasteiger partial charge in [-0.2, -0.15) is 0 Å². The molecule has 0 spiro atoms. The second-order valence-corrected chi connectivity index (χ2v) is 6.40. The van der Waals surface area contributed by atoms with Gasteiger partial charge in [0.05, 0.1) is 13.2 Å². The van der Waals surface area contributed by atoms with Crippen LogP contribution in [0.2, 0.25) is 0 Å². The maximum atomic E-state index is 10.5. The summed E-state index contributed by atoms with van der Waals surface area (Å²) < 4.78 is 39.2. The Morgan fingerprint density at radius 3 is 1.53 bits per heavy atom. The molecular formula is C7H19O6PS. The zero-order valence-electron chi connectivity index (χ0n) is 9.47. The molecule has 8 heteroatoms. The number of sulfone groups is 1. The van der Waals surface area contributed by atoms with E-state index in [1.54, 1.807) is 20.8 Å². The van der Waals surface area contributed by atoms with Crippen molar-refractivity contribution < 1.29 is 26.9 Å². The van der Waals surface area contributed by atoms with Gasteiger partial charge in [-0.15, -0.1) is 0 Å². The van der Waals surface area contributed by atoms with Crippen molar-refractivity contribution in [1.29, 1.82) is 0 Å². The second-order valence-electron chi connectivity index (χ2n) is 2.52. The number of phosphoric ester groups is 1. The first kappa shape index (κ1) is 17.5. The van der Waals surface area contributed by atoms with E-state index in [-0.39, 0.29) is 19.0 Å².